The number of hydrogen-bond acceptors (Lipinski definition) is 1. The Morgan fingerprint density at radius 3 is 2.67 bits per heavy atom. The van der Waals surface area contributed by atoms with Crippen molar-refractivity contribution in [2.24, 2.45) is 0 Å². The van der Waals surface area contributed by atoms with Gasteiger partial charge in [-0.25, -0.2) is 0 Å². The average Bonchev–Trinajstić information content (AvgIpc) is 2.38. The molecular weight excluding hydrogens is 213 g/mol. The molecule has 0 saturated carbocycles. The summed E-state index contributed by atoms with van der Waals surface area (Å²) in [6.45, 7) is 7.07. The Labute approximate surface area is 124 Å². The molecule has 1 aliphatic rings. The van der Waals surface area contributed by atoms with Crippen LogP contribution in [0.3, 0.4) is 0 Å². The molecule has 1 unspecified atom stereocenters. The minimum Gasteiger partial charge on any atom is -0.300 e. The first-order valence-electron chi connectivity index (χ1n) is 7.07. The minimum atomic E-state index is 0. The normalized spacial score (nSPS) is 18.3. The van der Waals surface area contributed by atoms with Crippen LogP contribution in [0.1, 0.15) is 44.2 Å². The van der Waals surface area contributed by atoms with Crippen LogP contribution in [-0.2, 0) is 12.8 Å². The van der Waals surface area contributed by atoms with Gasteiger partial charge in [0.05, 0.1) is 0 Å². The summed E-state index contributed by atoms with van der Waals surface area (Å²) < 4.78 is 0. The van der Waals surface area contributed by atoms with Crippen LogP contribution in [0.4, 0.5) is 0 Å². The molecule has 0 radical (unpaired) electrons. The maximum atomic E-state index is 3.43. The maximum Gasteiger partial charge on any atom is 1.00 e. The number of nitrogens with zero attached hydrogens (tertiary/aromatic N) is 1. The fourth-order valence-electron chi connectivity index (χ4n) is 2.95. The Morgan fingerprint density at radius 2 is 2.00 bits per heavy atom. The molecule has 1 aromatic rings. The third kappa shape index (κ3) is 3.89. The van der Waals surface area contributed by atoms with Crippen LogP contribution in [0.15, 0.2) is 18.2 Å². The molecule has 1 aromatic carbocycles. The van der Waals surface area contributed by atoms with E-state index in [1.807, 2.05) is 0 Å². The van der Waals surface area contributed by atoms with E-state index in [4.69, 9.17) is 0 Å². The van der Waals surface area contributed by atoms with Crippen molar-refractivity contribution in [3.8, 4) is 0 Å². The van der Waals surface area contributed by atoms with E-state index in [1.54, 1.807) is 0 Å². The van der Waals surface area contributed by atoms with Crippen LogP contribution < -0.4 is 18.9 Å². The van der Waals surface area contributed by atoms with Gasteiger partial charge in [-0.15, -0.1) is 0 Å². The topological polar surface area (TPSA) is 3.24 Å². The molecule has 1 atom stereocenters. The molecular formula is C16H24LiN. The summed E-state index contributed by atoms with van der Waals surface area (Å²) in [5, 5.41) is 0. The standard InChI is InChI=1S/C16H24N.Li/c1-3-11-17(12-4-2)16-10-9-14-7-5-6-8-15(14)13-16;/h5-7,16H,3-4,9-13H2,1-2H3;/q-1;+1. The summed E-state index contributed by atoms with van der Waals surface area (Å²) in [5.74, 6) is 0. The van der Waals surface area contributed by atoms with E-state index >= 15 is 0 Å². The second-order valence-electron chi connectivity index (χ2n) is 5.11. The predicted octanol–water partition coefficient (Wildman–Crippen LogP) is 0.470. The van der Waals surface area contributed by atoms with E-state index in [0.717, 1.165) is 6.04 Å². The summed E-state index contributed by atoms with van der Waals surface area (Å²) in [5.41, 5.74) is 2.98. The van der Waals surface area contributed by atoms with Crippen LogP contribution in [0.5, 0.6) is 0 Å². The number of hydrogen-bond donors (Lipinski definition) is 0. The van der Waals surface area contributed by atoms with Gasteiger partial charge in [-0.3, -0.25) is 0 Å². The second-order valence-corrected chi connectivity index (χ2v) is 5.11. The van der Waals surface area contributed by atoms with Crippen LogP contribution in [0, 0.1) is 6.07 Å². The molecule has 0 spiro atoms. The van der Waals surface area contributed by atoms with Crippen molar-refractivity contribution in [3.05, 3.63) is 35.4 Å². The van der Waals surface area contributed by atoms with Gasteiger partial charge in [0.1, 0.15) is 0 Å². The molecule has 18 heavy (non-hydrogen) atoms. The maximum absolute atomic E-state index is 3.43. The molecule has 0 amide bonds. The van der Waals surface area contributed by atoms with E-state index in [9.17, 15) is 0 Å². The van der Waals surface area contributed by atoms with Gasteiger partial charge in [-0.2, -0.15) is 35.4 Å². The molecule has 0 fully saturated rings. The Bertz CT molecular complexity index is 345. The number of aryl methyl sites for hydroxylation is 1. The fourth-order valence-corrected chi connectivity index (χ4v) is 2.95. The van der Waals surface area contributed by atoms with Crippen molar-refractivity contribution < 1.29 is 18.9 Å². The molecule has 1 aliphatic carbocycles. The van der Waals surface area contributed by atoms with Gasteiger partial charge in [0.25, 0.3) is 0 Å². The predicted molar refractivity (Wildman–Crippen MR) is 73.2 cm³/mol. The third-order valence-corrected chi connectivity index (χ3v) is 3.76. The van der Waals surface area contributed by atoms with E-state index in [1.165, 1.54) is 56.3 Å². The second kappa shape index (κ2) is 8.05. The van der Waals surface area contributed by atoms with Gasteiger partial charge in [-0.1, -0.05) is 20.3 Å². The first-order chi connectivity index (χ1) is 8.35. The summed E-state index contributed by atoms with van der Waals surface area (Å²) >= 11 is 0. The minimum absolute atomic E-state index is 0. The number of rotatable bonds is 5. The van der Waals surface area contributed by atoms with Crippen molar-refractivity contribution >= 4 is 0 Å². The van der Waals surface area contributed by atoms with Gasteiger partial charge >= 0.3 is 18.9 Å². The quantitative estimate of drug-likeness (QED) is 0.531. The smallest absolute Gasteiger partial charge is 0.300 e. The summed E-state index contributed by atoms with van der Waals surface area (Å²) in [7, 11) is 0. The van der Waals surface area contributed by atoms with E-state index < -0.39 is 0 Å². The van der Waals surface area contributed by atoms with E-state index in [0.29, 0.717) is 0 Å². The first-order valence-corrected chi connectivity index (χ1v) is 7.07. The third-order valence-electron chi connectivity index (χ3n) is 3.76. The van der Waals surface area contributed by atoms with Crippen LogP contribution in [0.25, 0.3) is 0 Å². The number of fused-ring (bicyclic) bond motifs is 1. The van der Waals surface area contributed by atoms with Crippen molar-refractivity contribution in [1.29, 1.82) is 0 Å². The zero-order valence-electron chi connectivity index (χ0n) is 12.2. The Hall–Kier alpha value is -0.223. The number of benzene rings is 1. The Morgan fingerprint density at radius 1 is 1.28 bits per heavy atom. The molecule has 2 rings (SSSR count). The molecule has 0 bridgehead atoms. The SMILES string of the molecule is CCCN(CCC)C1CCc2ccc[c-]c2C1.[Li+]. The van der Waals surface area contributed by atoms with Crippen molar-refractivity contribution in [1.82, 2.24) is 4.90 Å². The monoisotopic (exact) mass is 237 g/mol. The Kier molecular flexibility index (Phi) is 7.08. The first kappa shape index (κ1) is 15.8. The molecule has 94 valence electrons. The van der Waals surface area contributed by atoms with E-state index in [-0.39, 0.29) is 18.9 Å². The largest absolute Gasteiger partial charge is 1.00 e. The molecule has 1 nitrogen and oxygen atoms in total. The summed E-state index contributed by atoms with van der Waals surface area (Å²) in [4.78, 5) is 2.68. The van der Waals surface area contributed by atoms with Gasteiger partial charge < -0.3 is 4.90 Å². The summed E-state index contributed by atoms with van der Waals surface area (Å²) in [6, 6.07) is 10.6. The summed E-state index contributed by atoms with van der Waals surface area (Å²) in [6.07, 6.45) is 6.30. The zero-order valence-corrected chi connectivity index (χ0v) is 12.2. The van der Waals surface area contributed by atoms with Crippen molar-refractivity contribution in [2.75, 3.05) is 13.1 Å². The molecule has 2 heteroatoms. The fraction of sp³-hybridized carbons (Fsp3) is 0.625. The molecule has 0 aliphatic heterocycles. The molecule has 0 heterocycles. The average molecular weight is 237 g/mol. The molecule has 0 aromatic heterocycles. The van der Waals surface area contributed by atoms with Crippen molar-refractivity contribution in [2.45, 2.75) is 52.0 Å². The molecule has 0 N–H and O–H groups in total. The Balaban J connectivity index is 0.00000162. The van der Waals surface area contributed by atoms with Gasteiger partial charge in [-0.05, 0) is 38.8 Å². The van der Waals surface area contributed by atoms with Gasteiger partial charge in [0.15, 0.2) is 0 Å². The van der Waals surface area contributed by atoms with Crippen LogP contribution in [-0.4, -0.2) is 24.0 Å². The zero-order chi connectivity index (χ0) is 12.1. The van der Waals surface area contributed by atoms with Gasteiger partial charge in [0.2, 0.25) is 0 Å². The van der Waals surface area contributed by atoms with Gasteiger partial charge in [0, 0.05) is 6.04 Å². The van der Waals surface area contributed by atoms with Crippen molar-refractivity contribution in [3.63, 3.8) is 0 Å². The van der Waals surface area contributed by atoms with Crippen LogP contribution >= 0.6 is 0 Å². The van der Waals surface area contributed by atoms with E-state index in [2.05, 4.69) is 43.0 Å². The van der Waals surface area contributed by atoms with Crippen LogP contribution in [0.2, 0.25) is 0 Å². The molecule has 0 saturated heterocycles.